The van der Waals surface area contributed by atoms with Crippen LogP contribution in [0.25, 0.3) is 21.5 Å². The molecule has 0 aliphatic heterocycles. The molecule has 0 spiro atoms. The predicted octanol–water partition coefficient (Wildman–Crippen LogP) is 9.17. The van der Waals surface area contributed by atoms with Crippen molar-refractivity contribution in [2.45, 2.75) is 0 Å². The quantitative estimate of drug-likeness (QED) is 0.141. The molecule has 0 aromatic heterocycles. The lowest BCUT2D eigenvalue weighted by Crippen LogP contribution is -2.29. The third-order valence-corrected chi connectivity index (χ3v) is 8.74. The Kier molecular flexibility index (Phi) is 13.6. The van der Waals surface area contributed by atoms with Crippen molar-refractivity contribution in [3.63, 3.8) is 0 Å². The van der Waals surface area contributed by atoms with Crippen LogP contribution in [0.1, 0.15) is 20.7 Å². The maximum Gasteiger partial charge on any atom is 0.335 e. The van der Waals surface area contributed by atoms with Crippen molar-refractivity contribution in [1.29, 1.82) is 0 Å². The average molecular weight is 839 g/mol. The van der Waals surface area contributed by atoms with E-state index in [2.05, 4.69) is 5.14 Å². The molecule has 276 valence electrons. The van der Waals surface area contributed by atoms with E-state index in [0.29, 0.717) is 43.1 Å². The number of fused-ring (bicyclic) bond motifs is 2. The minimum atomic E-state index is -3.63. The van der Waals surface area contributed by atoms with E-state index in [1.54, 1.807) is 91.0 Å². The van der Waals surface area contributed by atoms with Crippen LogP contribution < -0.4 is 19.3 Å². The number of amides is 1. The van der Waals surface area contributed by atoms with Crippen LogP contribution in [-0.2, 0) is 20.0 Å². The Labute approximate surface area is 324 Å². The number of rotatable bonds is 7. The van der Waals surface area contributed by atoms with Gasteiger partial charge >= 0.3 is 5.97 Å². The van der Waals surface area contributed by atoms with Gasteiger partial charge in [-0.15, -0.1) is 0 Å². The summed E-state index contributed by atoms with van der Waals surface area (Å²) in [5.74, 6) is 0.613. The lowest BCUT2D eigenvalue weighted by atomic mass is 10.1. The number of benzene rings is 6. The molecule has 0 bridgehead atoms. The minimum absolute atomic E-state index is 0.231. The number of carboxylic acid groups (broad SMARTS) is 1. The lowest BCUT2D eigenvalue weighted by molar-refractivity contribution is 0.0696. The molecule has 0 atom stereocenters. The zero-order chi connectivity index (χ0) is 39.1. The van der Waals surface area contributed by atoms with E-state index < -0.39 is 31.9 Å². The maximum absolute atomic E-state index is 12.0. The SMILES string of the molecule is CS(=O)(=O)NC(=O)c1ccc2c(Oc3ccc(Cl)c(Cl)c3)cccc2c1.CS(N)(=O)=O.O=C(O)c1ccc2c(Oc3ccc(Cl)c(Cl)c3)cccc2c1. The molecule has 6 aromatic rings. The van der Waals surface area contributed by atoms with E-state index in [4.69, 9.17) is 61.0 Å². The Balaban J connectivity index is 0.000000212. The molecule has 0 aliphatic rings. The zero-order valence-corrected chi connectivity index (χ0v) is 32.2. The topological polar surface area (TPSA) is 179 Å². The van der Waals surface area contributed by atoms with E-state index in [9.17, 15) is 26.4 Å². The first-order valence-corrected chi connectivity index (χ1v) is 20.2. The molecule has 11 nitrogen and oxygen atoms in total. The van der Waals surface area contributed by atoms with Gasteiger partial charge in [0.2, 0.25) is 20.0 Å². The molecule has 6 aromatic carbocycles. The molecule has 17 heteroatoms. The summed E-state index contributed by atoms with van der Waals surface area (Å²) >= 11 is 23.8. The number of halogens is 4. The average Bonchev–Trinajstić information content (AvgIpc) is 3.06. The van der Waals surface area contributed by atoms with Gasteiger partial charge in [-0.1, -0.05) is 70.7 Å². The molecule has 0 fully saturated rings. The monoisotopic (exact) mass is 836 g/mol. The number of carbonyl (C=O) groups is 2. The Hall–Kier alpha value is -4.60. The van der Waals surface area contributed by atoms with Gasteiger partial charge in [-0.05, 0) is 83.6 Å². The van der Waals surface area contributed by atoms with E-state index in [1.807, 2.05) is 16.9 Å². The van der Waals surface area contributed by atoms with E-state index in [1.165, 1.54) is 6.07 Å². The van der Waals surface area contributed by atoms with Crippen molar-refractivity contribution in [1.82, 2.24) is 4.72 Å². The fourth-order valence-corrected chi connectivity index (χ4v) is 5.55. The number of carboxylic acids is 1. The number of sulfonamides is 2. The molecular weight excluding hydrogens is 810 g/mol. The van der Waals surface area contributed by atoms with Crippen molar-refractivity contribution in [2.75, 3.05) is 12.5 Å². The van der Waals surface area contributed by atoms with Gasteiger partial charge in [0, 0.05) is 28.5 Å². The summed E-state index contributed by atoms with van der Waals surface area (Å²) < 4.78 is 54.9. The molecule has 6 rings (SSSR count). The summed E-state index contributed by atoms with van der Waals surface area (Å²) in [6, 6.07) is 30.5. The summed E-state index contributed by atoms with van der Waals surface area (Å²) in [4.78, 5) is 23.0. The van der Waals surface area contributed by atoms with Gasteiger partial charge in [-0.25, -0.2) is 31.5 Å². The predicted molar refractivity (Wildman–Crippen MR) is 209 cm³/mol. The van der Waals surface area contributed by atoms with Gasteiger partial charge in [0.25, 0.3) is 5.91 Å². The first-order chi connectivity index (χ1) is 24.8. The van der Waals surface area contributed by atoms with Gasteiger partial charge in [0.05, 0.1) is 38.2 Å². The number of nitrogens with one attached hydrogen (secondary N) is 1. The van der Waals surface area contributed by atoms with Crippen LogP contribution in [-0.4, -0.2) is 46.3 Å². The third kappa shape index (κ3) is 12.5. The van der Waals surface area contributed by atoms with Crippen molar-refractivity contribution < 1.29 is 41.0 Å². The fourth-order valence-electron chi connectivity index (χ4n) is 4.52. The van der Waals surface area contributed by atoms with Gasteiger partial charge in [-0.2, -0.15) is 0 Å². The van der Waals surface area contributed by atoms with Crippen molar-refractivity contribution in [3.05, 3.63) is 140 Å². The Morgan fingerprint density at radius 1 is 0.604 bits per heavy atom. The van der Waals surface area contributed by atoms with Gasteiger partial charge < -0.3 is 14.6 Å². The second-order valence-corrected chi connectivity index (χ2v) is 16.1. The molecule has 0 saturated heterocycles. The molecule has 1 amide bonds. The largest absolute Gasteiger partial charge is 0.478 e. The van der Waals surface area contributed by atoms with E-state index >= 15 is 0 Å². The van der Waals surface area contributed by atoms with Crippen molar-refractivity contribution >= 4 is 99.9 Å². The number of ether oxygens (including phenoxy) is 2. The highest BCUT2D eigenvalue weighted by Gasteiger charge is 2.13. The highest BCUT2D eigenvalue weighted by atomic mass is 35.5. The normalized spacial score (nSPS) is 11.1. The highest BCUT2D eigenvalue weighted by Crippen LogP contribution is 2.35. The van der Waals surface area contributed by atoms with E-state index in [-0.39, 0.29) is 11.1 Å². The van der Waals surface area contributed by atoms with Crippen molar-refractivity contribution in [3.8, 4) is 23.0 Å². The molecule has 0 saturated carbocycles. The first kappa shape index (κ1) is 41.2. The molecule has 0 radical (unpaired) electrons. The number of nitrogens with two attached hydrogens (primary N) is 1. The first-order valence-electron chi connectivity index (χ1n) is 14.8. The standard InChI is InChI=1S/C18H13Cl2NO4S.C17H10Cl2O3.CH5NO2S/c1-26(23,24)21-18(22)12-5-7-14-11(9-12)3-2-4-17(14)25-13-6-8-15(19)16(20)10-13;18-14-7-5-12(9-15(14)19)22-16-3-1-2-10-8-11(17(20)21)4-6-13(10)16;1-5(2,3)4/h2-10H,1H3,(H,21,22);1-9H,(H,20,21);1H3,(H2,2,3,4). The van der Waals surface area contributed by atoms with Crippen LogP contribution in [0.15, 0.2) is 109 Å². The Morgan fingerprint density at radius 3 is 1.42 bits per heavy atom. The number of aromatic carboxylic acids is 1. The van der Waals surface area contributed by atoms with Crippen molar-refractivity contribution in [2.24, 2.45) is 5.14 Å². The second-order valence-electron chi connectivity index (χ2n) is 11.1. The Morgan fingerprint density at radius 2 is 1.02 bits per heavy atom. The Bertz CT molecular complexity index is 2560. The molecular formula is C36H28Cl4N2O9S2. The van der Waals surface area contributed by atoms with Gasteiger partial charge in [0.1, 0.15) is 23.0 Å². The molecule has 0 heterocycles. The summed E-state index contributed by atoms with van der Waals surface area (Å²) in [6.45, 7) is 0. The molecule has 4 N–H and O–H groups in total. The summed E-state index contributed by atoms with van der Waals surface area (Å²) in [5.41, 5.74) is 0.466. The number of primary sulfonamides is 1. The van der Waals surface area contributed by atoms with Crippen LogP contribution in [0, 0.1) is 0 Å². The number of hydrogen-bond acceptors (Lipinski definition) is 8. The maximum atomic E-state index is 12.0. The van der Waals surface area contributed by atoms with Crippen LogP contribution in [0.4, 0.5) is 0 Å². The number of carbonyl (C=O) groups excluding carboxylic acids is 1. The minimum Gasteiger partial charge on any atom is -0.478 e. The smallest absolute Gasteiger partial charge is 0.335 e. The molecule has 0 aliphatic carbocycles. The second kappa shape index (κ2) is 17.5. The third-order valence-electron chi connectivity index (χ3n) is 6.71. The summed E-state index contributed by atoms with van der Waals surface area (Å²) in [7, 11) is -6.80. The highest BCUT2D eigenvalue weighted by molar-refractivity contribution is 7.89. The van der Waals surface area contributed by atoms with Gasteiger partial charge in [-0.3, -0.25) is 4.79 Å². The lowest BCUT2D eigenvalue weighted by Gasteiger charge is -2.11. The molecule has 53 heavy (non-hydrogen) atoms. The van der Waals surface area contributed by atoms with Crippen LogP contribution in [0.5, 0.6) is 23.0 Å². The summed E-state index contributed by atoms with van der Waals surface area (Å²) in [5, 5.41) is 18.1. The zero-order valence-electron chi connectivity index (χ0n) is 27.5. The fraction of sp³-hybridized carbons (Fsp3) is 0.0556. The van der Waals surface area contributed by atoms with Crippen LogP contribution in [0.2, 0.25) is 20.1 Å². The summed E-state index contributed by atoms with van der Waals surface area (Å²) in [6.07, 6.45) is 1.86. The number of hydrogen-bond donors (Lipinski definition) is 3. The van der Waals surface area contributed by atoms with E-state index in [0.717, 1.165) is 34.1 Å². The van der Waals surface area contributed by atoms with Crippen LogP contribution in [0.3, 0.4) is 0 Å². The van der Waals surface area contributed by atoms with Gasteiger partial charge in [0.15, 0.2) is 0 Å². The molecule has 0 unspecified atom stereocenters. The van der Waals surface area contributed by atoms with Crippen LogP contribution >= 0.6 is 46.4 Å².